The first kappa shape index (κ1) is 11.0. The van der Waals surface area contributed by atoms with Crippen LogP contribution in [0, 0.1) is 0 Å². The zero-order valence-corrected chi connectivity index (χ0v) is 10.9. The molecule has 0 bridgehead atoms. The van der Waals surface area contributed by atoms with Crippen LogP contribution in [0.3, 0.4) is 0 Å². The van der Waals surface area contributed by atoms with Crippen LogP contribution < -0.4 is 10.5 Å². The number of halogens is 1. The summed E-state index contributed by atoms with van der Waals surface area (Å²) in [4.78, 5) is 0. The van der Waals surface area contributed by atoms with Gasteiger partial charge < -0.3 is 10.5 Å². The van der Waals surface area contributed by atoms with Crippen molar-refractivity contribution in [1.82, 2.24) is 0 Å². The Kier molecular flexibility index (Phi) is 2.55. The van der Waals surface area contributed by atoms with Crippen molar-refractivity contribution in [2.45, 2.75) is 38.8 Å². The Morgan fingerprint density at radius 2 is 2.13 bits per heavy atom. The maximum atomic E-state index is 6.09. The number of fused-ring (bicyclic) bond motifs is 1. The molecule has 1 atom stereocenters. The van der Waals surface area contributed by atoms with Crippen LogP contribution in [-0.4, -0.2) is 6.10 Å². The third-order valence-electron chi connectivity index (χ3n) is 2.69. The van der Waals surface area contributed by atoms with Gasteiger partial charge in [-0.1, -0.05) is 6.07 Å². The molecular weight excluding hydrogens is 254 g/mol. The highest BCUT2D eigenvalue weighted by Gasteiger charge is 2.25. The van der Waals surface area contributed by atoms with Crippen LogP contribution in [0.25, 0.3) is 0 Å². The second-order valence-corrected chi connectivity index (χ2v) is 5.65. The fourth-order valence-corrected chi connectivity index (χ4v) is 2.45. The SMILES string of the molecule is CC1Cc2cc(C(C)(C)N)cc(Br)c2O1. The first-order valence-electron chi connectivity index (χ1n) is 5.16. The molecule has 1 aliphatic heterocycles. The topological polar surface area (TPSA) is 35.2 Å². The largest absolute Gasteiger partial charge is 0.489 e. The second kappa shape index (κ2) is 3.49. The highest BCUT2D eigenvalue weighted by atomic mass is 79.9. The molecule has 3 heteroatoms. The van der Waals surface area contributed by atoms with Crippen LogP contribution in [0.15, 0.2) is 16.6 Å². The van der Waals surface area contributed by atoms with E-state index in [9.17, 15) is 0 Å². The molecule has 0 radical (unpaired) electrons. The first-order chi connectivity index (χ1) is 6.88. The van der Waals surface area contributed by atoms with Gasteiger partial charge in [0.1, 0.15) is 11.9 Å². The van der Waals surface area contributed by atoms with Crippen molar-refractivity contribution in [2.75, 3.05) is 0 Å². The van der Waals surface area contributed by atoms with Gasteiger partial charge >= 0.3 is 0 Å². The van der Waals surface area contributed by atoms with Gasteiger partial charge in [0.15, 0.2) is 0 Å². The lowest BCUT2D eigenvalue weighted by Gasteiger charge is -2.20. The van der Waals surface area contributed by atoms with Crippen molar-refractivity contribution in [2.24, 2.45) is 5.73 Å². The van der Waals surface area contributed by atoms with E-state index in [-0.39, 0.29) is 11.6 Å². The Labute approximate surface area is 98.9 Å². The molecule has 0 saturated carbocycles. The van der Waals surface area contributed by atoms with E-state index in [2.05, 4.69) is 35.0 Å². The number of nitrogens with two attached hydrogens (primary N) is 1. The molecule has 1 aromatic rings. The molecule has 2 rings (SSSR count). The van der Waals surface area contributed by atoms with Crippen molar-refractivity contribution in [3.8, 4) is 5.75 Å². The van der Waals surface area contributed by atoms with Gasteiger partial charge in [-0.25, -0.2) is 0 Å². The van der Waals surface area contributed by atoms with Crippen LogP contribution in [0.4, 0.5) is 0 Å². The summed E-state index contributed by atoms with van der Waals surface area (Å²) in [5, 5.41) is 0. The smallest absolute Gasteiger partial charge is 0.137 e. The van der Waals surface area contributed by atoms with Crippen LogP contribution in [0.1, 0.15) is 31.9 Å². The molecule has 1 unspecified atom stereocenters. The summed E-state index contributed by atoms with van der Waals surface area (Å²) in [5.41, 5.74) is 8.19. The fraction of sp³-hybridized carbons (Fsp3) is 0.500. The van der Waals surface area contributed by atoms with Gasteiger partial charge in [-0.05, 0) is 53.9 Å². The van der Waals surface area contributed by atoms with E-state index in [1.807, 2.05) is 13.8 Å². The average Bonchev–Trinajstić information content (AvgIpc) is 2.44. The molecule has 2 N–H and O–H groups in total. The summed E-state index contributed by atoms with van der Waals surface area (Å²) in [6.07, 6.45) is 1.24. The first-order valence-corrected chi connectivity index (χ1v) is 5.95. The molecule has 0 aromatic heterocycles. The van der Waals surface area contributed by atoms with Crippen LogP contribution >= 0.6 is 15.9 Å². The Balaban J connectivity index is 2.49. The van der Waals surface area contributed by atoms with Gasteiger partial charge in [0.25, 0.3) is 0 Å². The van der Waals surface area contributed by atoms with Gasteiger partial charge in [0.2, 0.25) is 0 Å². The quantitative estimate of drug-likeness (QED) is 0.851. The standard InChI is InChI=1S/C12H16BrNO/c1-7-4-8-5-9(12(2,3)14)6-10(13)11(8)15-7/h5-7H,4,14H2,1-3H3. The lowest BCUT2D eigenvalue weighted by atomic mass is 9.93. The van der Waals surface area contributed by atoms with E-state index in [1.54, 1.807) is 0 Å². The molecular formula is C12H16BrNO. The molecule has 82 valence electrons. The molecule has 15 heavy (non-hydrogen) atoms. The molecule has 1 aliphatic rings. The maximum Gasteiger partial charge on any atom is 0.137 e. The van der Waals surface area contributed by atoms with Gasteiger partial charge in [-0.3, -0.25) is 0 Å². The summed E-state index contributed by atoms with van der Waals surface area (Å²) in [6.45, 7) is 6.11. The Morgan fingerprint density at radius 1 is 1.47 bits per heavy atom. The van der Waals surface area contributed by atoms with E-state index in [4.69, 9.17) is 10.5 Å². The highest BCUT2D eigenvalue weighted by molar-refractivity contribution is 9.10. The predicted molar refractivity (Wildman–Crippen MR) is 65.1 cm³/mol. The summed E-state index contributed by atoms with van der Waals surface area (Å²) >= 11 is 3.54. The second-order valence-electron chi connectivity index (χ2n) is 4.80. The van der Waals surface area contributed by atoms with E-state index < -0.39 is 0 Å². The lowest BCUT2D eigenvalue weighted by molar-refractivity contribution is 0.253. The van der Waals surface area contributed by atoms with Crippen molar-refractivity contribution in [1.29, 1.82) is 0 Å². The number of ether oxygens (including phenoxy) is 1. The molecule has 1 heterocycles. The van der Waals surface area contributed by atoms with Gasteiger partial charge in [-0.15, -0.1) is 0 Å². The van der Waals surface area contributed by atoms with Gasteiger partial charge in [0.05, 0.1) is 4.47 Å². The monoisotopic (exact) mass is 269 g/mol. The highest BCUT2D eigenvalue weighted by Crippen LogP contribution is 2.38. The van der Waals surface area contributed by atoms with Gasteiger partial charge in [-0.2, -0.15) is 0 Å². The Hall–Kier alpha value is -0.540. The van der Waals surface area contributed by atoms with Crippen LogP contribution in [-0.2, 0) is 12.0 Å². The fourth-order valence-electron chi connectivity index (χ4n) is 1.86. The molecule has 1 aromatic carbocycles. The van der Waals surface area contributed by atoms with E-state index in [0.29, 0.717) is 0 Å². The van der Waals surface area contributed by atoms with E-state index >= 15 is 0 Å². The summed E-state index contributed by atoms with van der Waals surface area (Å²) in [7, 11) is 0. The molecule has 0 aliphatic carbocycles. The zero-order chi connectivity index (χ0) is 11.2. The molecule has 0 amide bonds. The number of hydrogen-bond acceptors (Lipinski definition) is 2. The molecule has 0 saturated heterocycles. The zero-order valence-electron chi connectivity index (χ0n) is 9.30. The summed E-state index contributed by atoms with van der Waals surface area (Å²) in [5.74, 6) is 0.982. The summed E-state index contributed by atoms with van der Waals surface area (Å²) < 4.78 is 6.73. The number of rotatable bonds is 1. The third kappa shape index (κ3) is 2.04. The normalized spacial score (nSPS) is 19.9. The van der Waals surface area contributed by atoms with Crippen molar-refractivity contribution < 1.29 is 4.74 Å². The average molecular weight is 270 g/mol. The van der Waals surface area contributed by atoms with E-state index in [1.165, 1.54) is 5.56 Å². The molecule has 2 nitrogen and oxygen atoms in total. The van der Waals surface area contributed by atoms with E-state index in [0.717, 1.165) is 22.2 Å². The van der Waals surface area contributed by atoms with Crippen molar-refractivity contribution in [3.63, 3.8) is 0 Å². The minimum absolute atomic E-state index is 0.271. The lowest BCUT2D eigenvalue weighted by Crippen LogP contribution is -2.28. The van der Waals surface area contributed by atoms with Crippen molar-refractivity contribution in [3.05, 3.63) is 27.7 Å². The van der Waals surface area contributed by atoms with Crippen molar-refractivity contribution >= 4 is 15.9 Å². The number of benzene rings is 1. The third-order valence-corrected chi connectivity index (χ3v) is 3.28. The number of hydrogen-bond donors (Lipinski definition) is 1. The summed E-state index contributed by atoms with van der Waals surface area (Å²) in [6, 6.07) is 4.21. The maximum absolute atomic E-state index is 6.09. The van der Waals surface area contributed by atoms with Crippen LogP contribution in [0.2, 0.25) is 0 Å². The Bertz CT molecular complexity index is 395. The Morgan fingerprint density at radius 3 is 2.73 bits per heavy atom. The predicted octanol–water partition coefficient (Wildman–Crippen LogP) is 2.97. The van der Waals surface area contributed by atoms with Crippen LogP contribution in [0.5, 0.6) is 5.75 Å². The molecule has 0 fully saturated rings. The minimum Gasteiger partial charge on any atom is -0.489 e. The van der Waals surface area contributed by atoms with Gasteiger partial charge in [0, 0.05) is 12.0 Å². The minimum atomic E-state index is -0.302. The molecule has 0 spiro atoms.